The molecule has 1 amide bonds. The maximum absolute atomic E-state index is 12.9. The normalized spacial score (nSPS) is 12.7. The molecule has 1 atom stereocenters. The summed E-state index contributed by atoms with van der Waals surface area (Å²) >= 11 is 0. The molecule has 1 unspecified atom stereocenters. The first kappa shape index (κ1) is 20.0. The molecule has 0 aliphatic heterocycles. The molecule has 0 spiro atoms. The number of nitrogens with one attached hydrogen (secondary N) is 2. The molecule has 0 aliphatic carbocycles. The molecule has 2 N–H and O–H groups in total. The van der Waals surface area contributed by atoms with Crippen LogP contribution in [0.2, 0.25) is 0 Å². The summed E-state index contributed by atoms with van der Waals surface area (Å²) in [5, 5.41) is 3.10. The molecule has 0 saturated heterocycles. The molecule has 2 rings (SSSR count). The summed E-state index contributed by atoms with van der Waals surface area (Å²) in [6.45, 7) is 5.97. The first-order valence-electron chi connectivity index (χ1n) is 8.60. The predicted octanol–water partition coefficient (Wildman–Crippen LogP) is 3.88. The van der Waals surface area contributed by atoms with Crippen LogP contribution in [0.5, 0.6) is 0 Å². The van der Waals surface area contributed by atoms with Crippen molar-refractivity contribution in [1.29, 1.82) is 0 Å². The molecule has 5 nitrogen and oxygen atoms in total. The SMILES string of the molecule is Cc1c(NS(C)(=O)=O)cccc1C(=O)NC(CC(C)C)c1ccccc1. The topological polar surface area (TPSA) is 75.3 Å². The van der Waals surface area contributed by atoms with Crippen LogP contribution in [0.3, 0.4) is 0 Å². The minimum absolute atomic E-state index is 0.102. The van der Waals surface area contributed by atoms with E-state index in [1.165, 1.54) is 0 Å². The number of carbonyl (C=O) groups is 1. The van der Waals surface area contributed by atoms with Gasteiger partial charge in [-0.2, -0.15) is 0 Å². The van der Waals surface area contributed by atoms with Gasteiger partial charge in [0.1, 0.15) is 0 Å². The summed E-state index contributed by atoms with van der Waals surface area (Å²) in [6, 6.07) is 14.8. The molecular formula is C20H26N2O3S. The summed E-state index contributed by atoms with van der Waals surface area (Å²) < 4.78 is 25.5. The van der Waals surface area contributed by atoms with E-state index in [1.807, 2.05) is 30.3 Å². The third kappa shape index (κ3) is 5.59. The zero-order valence-corrected chi connectivity index (χ0v) is 16.4. The summed E-state index contributed by atoms with van der Waals surface area (Å²) in [4.78, 5) is 12.9. The van der Waals surface area contributed by atoms with Crippen molar-refractivity contribution in [2.75, 3.05) is 11.0 Å². The monoisotopic (exact) mass is 374 g/mol. The Morgan fingerprint density at radius 2 is 1.69 bits per heavy atom. The Morgan fingerprint density at radius 3 is 2.27 bits per heavy atom. The van der Waals surface area contributed by atoms with Crippen LogP contribution in [-0.4, -0.2) is 20.6 Å². The molecule has 0 radical (unpaired) electrons. The van der Waals surface area contributed by atoms with Crippen molar-refractivity contribution in [3.8, 4) is 0 Å². The zero-order chi connectivity index (χ0) is 19.3. The number of anilines is 1. The number of sulfonamides is 1. The average molecular weight is 375 g/mol. The van der Waals surface area contributed by atoms with Gasteiger partial charge in [0.2, 0.25) is 10.0 Å². The first-order chi connectivity index (χ1) is 12.2. The Hall–Kier alpha value is -2.34. The second-order valence-electron chi connectivity index (χ2n) is 6.92. The maximum Gasteiger partial charge on any atom is 0.252 e. The molecule has 140 valence electrons. The van der Waals surface area contributed by atoms with E-state index >= 15 is 0 Å². The highest BCUT2D eigenvalue weighted by Crippen LogP contribution is 2.24. The van der Waals surface area contributed by atoms with Crippen molar-refractivity contribution in [3.05, 3.63) is 65.2 Å². The van der Waals surface area contributed by atoms with Crippen LogP contribution < -0.4 is 10.0 Å². The number of hydrogen-bond acceptors (Lipinski definition) is 3. The van der Waals surface area contributed by atoms with Crippen molar-refractivity contribution in [2.24, 2.45) is 5.92 Å². The molecule has 2 aromatic carbocycles. The van der Waals surface area contributed by atoms with Crippen molar-refractivity contribution >= 4 is 21.6 Å². The highest BCUT2D eigenvalue weighted by molar-refractivity contribution is 7.92. The van der Waals surface area contributed by atoms with E-state index < -0.39 is 10.0 Å². The smallest absolute Gasteiger partial charge is 0.252 e. The highest BCUT2D eigenvalue weighted by Gasteiger charge is 2.19. The van der Waals surface area contributed by atoms with Crippen molar-refractivity contribution in [3.63, 3.8) is 0 Å². The van der Waals surface area contributed by atoms with Crippen LogP contribution in [0.25, 0.3) is 0 Å². The minimum Gasteiger partial charge on any atom is -0.345 e. The van der Waals surface area contributed by atoms with Crippen molar-refractivity contribution in [1.82, 2.24) is 5.32 Å². The highest BCUT2D eigenvalue weighted by atomic mass is 32.2. The van der Waals surface area contributed by atoms with E-state index in [4.69, 9.17) is 0 Å². The van der Waals surface area contributed by atoms with Gasteiger partial charge in [-0.3, -0.25) is 9.52 Å². The molecule has 0 aromatic heterocycles. The van der Waals surface area contributed by atoms with Gasteiger partial charge in [-0.1, -0.05) is 50.2 Å². The standard InChI is InChI=1S/C20H26N2O3S/c1-14(2)13-19(16-9-6-5-7-10-16)21-20(23)17-11-8-12-18(15(17)3)22-26(4,24)25/h5-12,14,19,22H,13H2,1-4H3,(H,21,23). The lowest BCUT2D eigenvalue weighted by molar-refractivity contribution is 0.0931. The Labute approximate surface area is 155 Å². The molecular weight excluding hydrogens is 348 g/mol. The average Bonchev–Trinajstić information content (AvgIpc) is 2.55. The third-order valence-electron chi connectivity index (χ3n) is 4.09. The quantitative estimate of drug-likeness (QED) is 0.772. The van der Waals surface area contributed by atoms with Crippen LogP contribution >= 0.6 is 0 Å². The van der Waals surface area contributed by atoms with Gasteiger partial charge < -0.3 is 5.32 Å². The first-order valence-corrected chi connectivity index (χ1v) is 10.5. The lowest BCUT2D eigenvalue weighted by atomic mass is 9.96. The Morgan fingerprint density at radius 1 is 1.04 bits per heavy atom. The van der Waals surface area contributed by atoms with Crippen LogP contribution in [0.4, 0.5) is 5.69 Å². The molecule has 0 aliphatic rings. The summed E-state index contributed by atoms with van der Waals surface area (Å²) in [5.74, 6) is 0.203. The Kier molecular flexibility index (Phi) is 6.42. The summed E-state index contributed by atoms with van der Waals surface area (Å²) in [5.41, 5.74) is 2.54. The van der Waals surface area contributed by atoms with Gasteiger partial charge in [0, 0.05) is 5.56 Å². The number of rotatable bonds is 7. The second kappa shape index (κ2) is 8.36. The van der Waals surface area contributed by atoms with Gasteiger partial charge in [0.15, 0.2) is 0 Å². The zero-order valence-electron chi connectivity index (χ0n) is 15.6. The Balaban J connectivity index is 2.28. The molecule has 0 heterocycles. The lowest BCUT2D eigenvalue weighted by Crippen LogP contribution is -2.30. The van der Waals surface area contributed by atoms with Crippen LogP contribution in [-0.2, 0) is 10.0 Å². The van der Waals surface area contributed by atoms with Gasteiger partial charge in [0.05, 0.1) is 18.0 Å². The molecule has 0 saturated carbocycles. The van der Waals surface area contributed by atoms with E-state index in [0.717, 1.165) is 18.2 Å². The third-order valence-corrected chi connectivity index (χ3v) is 4.68. The number of carbonyl (C=O) groups excluding carboxylic acids is 1. The molecule has 0 fully saturated rings. The fourth-order valence-corrected chi connectivity index (χ4v) is 3.48. The van der Waals surface area contributed by atoms with Crippen molar-refractivity contribution in [2.45, 2.75) is 33.2 Å². The largest absolute Gasteiger partial charge is 0.345 e. The van der Waals surface area contributed by atoms with Gasteiger partial charge in [0.25, 0.3) is 5.91 Å². The van der Waals surface area contributed by atoms with Crippen LogP contribution in [0.15, 0.2) is 48.5 Å². The van der Waals surface area contributed by atoms with Gasteiger partial charge >= 0.3 is 0 Å². The van der Waals surface area contributed by atoms with Gasteiger partial charge in [-0.25, -0.2) is 8.42 Å². The Bertz CT molecular complexity index is 862. The van der Waals surface area contributed by atoms with E-state index in [9.17, 15) is 13.2 Å². The summed E-state index contributed by atoms with van der Waals surface area (Å²) in [7, 11) is -3.41. The summed E-state index contributed by atoms with van der Waals surface area (Å²) in [6.07, 6.45) is 1.91. The second-order valence-corrected chi connectivity index (χ2v) is 8.67. The van der Waals surface area contributed by atoms with E-state index in [1.54, 1.807) is 25.1 Å². The maximum atomic E-state index is 12.9. The molecule has 2 aromatic rings. The molecule has 6 heteroatoms. The van der Waals surface area contributed by atoms with E-state index in [2.05, 4.69) is 23.9 Å². The number of hydrogen-bond donors (Lipinski definition) is 2. The van der Waals surface area contributed by atoms with Gasteiger partial charge in [-0.05, 0) is 42.5 Å². The van der Waals surface area contributed by atoms with Gasteiger partial charge in [-0.15, -0.1) is 0 Å². The minimum atomic E-state index is -3.41. The molecule has 26 heavy (non-hydrogen) atoms. The van der Waals surface area contributed by atoms with E-state index in [0.29, 0.717) is 22.7 Å². The van der Waals surface area contributed by atoms with Crippen molar-refractivity contribution < 1.29 is 13.2 Å². The number of amides is 1. The lowest BCUT2D eigenvalue weighted by Gasteiger charge is -2.22. The fourth-order valence-electron chi connectivity index (χ4n) is 2.86. The number of benzene rings is 2. The van der Waals surface area contributed by atoms with Crippen LogP contribution in [0.1, 0.15) is 47.8 Å². The predicted molar refractivity (Wildman–Crippen MR) is 106 cm³/mol. The molecule has 0 bridgehead atoms. The van der Waals surface area contributed by atoms with E-state index in [-0.39, 0.29) is 11.9 Å². The van der Waals surface area contributed by atoms with Crippen LogP contribution in [0, 0.1) is 12.8 Å². The fraction of sp³-hybridized carbons (Fsp3) is 0.350.